The van der Waals surface area contributed by atoms with Crippen LogP contribution >= 0.6 is 23.4 Å². The molecule has 2 nitrogen and oxygen atoms in total. The quantitative estimate of drug-likeness (QED) is 0.863. The van der Waals surface area contributed by atoms with Crippen LogP contribution in [-0.4, -0.2) is 22.6 Å². The maximum atomic E-state index is 12.3. The molecule has 0 saturated heterocycles. The minimum absolute atomic E-state index is 0.0168. The zero-order valence-electron chi connectivity index (χ0n) is 10.1. The van der Waals surface area contributed by atoms with Crippen LogP contribution in [0.1, 0.15) is 24.8 Å². The fraction of sp³-hybridized carbons (Fsp3) is 0.500. The fourth-order valence-corrected chi connectivity index (χ4v) is 4.10. The van der Waals surface area contributed by atoms with Crippen LogP contribution in [0, 0.1) is 0 Å². The molecular formula is C14H16ClNOS. The van der Waals surface area contributed by atoms with Crippen molar-refractivity contribution in [3.05, 3.63) is 29.8 Å². The van der Waals surface area contributed by atoms with Gasteiger partial charge in [-0.2, -0.15) is 0 Å². The van der Waals surface area contributed by atoms with Gasteiger partial charge in [-0.3, -0.25) is 4.79 Å². The minimum atomic E-state index is -0.117. The van der Waals surface area contributed by atoms with Crippen molar-refractivity contribution in [2.24, 2.45) is 0 Å². The van der Waals surface area contributed by atoms with Gasteiger partial charge < -0.3 is 5.32 Å². The van der Waals surface area contributed by atoms with Gasteiger partial charge in [0, 0.05) is 10.8 Å². The number of nitrogens with one attached hydrogen (secondary N) is 1. The molecular weight excluding hydrogens is 266 g/mol. The Kier molecular flexibility index (Phi) is 3.29. The zero-order chi connectivity index (χ0) is 12.6. The molecule has 0 aromatic heterocycles. The lowest BCUT2D eigenvalue weighted by molar-refractivity contribution is -0.123. The number of hydrogen-bond donors (Lipinski definition) is 1. The highest BCUT2D eigenvalue weighted by Crippen LogP contribution is 2.38. The van der Waals surface area contributed by atoms with Crippen molar-refractivity contribution in [2.45, 2.75) is 41.4 Å². The molecule has 1 unspecified atom stereocenters. The van der Waals surface area contributed by atoms with Crippen LogP contribution in [0.15, 0.2) is 29.2 Å². The topological polar surface area (TPSA) is 29.1 Å². The monoisotopic (exact) mass is 281 g/mol. The molecule has 1 atom stereocenters. The number of carbonyl (C=O) groups is 1. The Balaban J connectivity index is 1.66. The summed E-state index contributed by atoms with van der Waals surface area (Å²) in [5.41, 5.74) is 1.17. The van der Waals surface area contributed by atoms with Crippen LogP contribution in [0.25, 0.3) is 0 Å². The molecule has 96 valence electrons. The van der Waals surface area contributed by atoms with Gasteiger partial charge in [-0.15, -0.1) is 23.4 Å². The number of rotatable bonds is 3. The van der Waals surface area contributed by atoms with E-state index in [4.69, 9.17) is 11.6 Å². The third-order valence-electron chi connectivity index (χ3n) is 3.89. The molecule has 0 spiro atoms. The summed E-state index contributed by atoms with van der Waals surface area (Å²) in [6, 6.07) is 8.26. The fourth-order valence-electron chi connectivity index (χ4n) is 2.57. The van der Waals surface area contributed by atoms with Gasteiger partial charge in [0.1, 0.15) is 0 Å². The van der Waals surface area contributed by atoms with Crippen molar-refractivity contribution in [3.63, 3.8) is 0 Å². The number of amides is 1. The van der Waals surface area contributed by atoms with Gasteiger partial charge in [-0.1, -0.05) is 18.2 Å². The molecule has 1 fully saturated rings. The molecule has 1 aliphatic carbocycles. The molecule has 1 amide bonds. The summed E-state index contributed by atoms with van der Waals surface area (Å²) in [5, 5.41) is 3.18. The van der Waals surface area contributed by atoms with Gasteiger partial charge in [-0.25, -0.2) is 0 Å². The normalized spacial score (nSPS) is 24.2. The Morgan fingerprint density at radius 1 is 1.44 bits per heavy atom. The summed E-state index contributed by atoms with van der Waals surface area (Å²) in [6.07, 6.45) is 4.05. The SMILES string of the molecule is O=C(NC1(CCl)CCC1)C1Cc2ccccc2S1. The van der Waals surface area contributed by atoms with E-state index in [1.54, 1.807) is 11.8 Å². The Hall–Kier alpha value is -0.670. The standard InChI is InChI=1S/C14H16ClNOS/c15-9-14(6-3-7-14)16-13(17)12-8-10-4-1-2-5-11(10)18-12/h1-2,4-5,12H,3,6-9H2,(H,16,17). The third kappa shape index (κ3) is 2.14. The molecule has 18 heavy (non-hydrogen) atoms. The molecule has 1 aromatic rings. The molecule has 4 heteroatoms. The first-order valence-electron chi connectivity index (χ1n) is 6.35. The largest absolute Gasteiger partial charge is 0.348 e. The highest BCUT2D eigenvalue weighted by molar-refractivity contribution is 8.01. The van der Waals surface area contributed by atoms with E-state index in [1.807, 2.05) is 12.1 Å². The first kappa shape index (κ1) is 12.4. The smallest absolute Gasteiger partial charge is 0.234 e. The van der Waals surface area contributed by atoms with Gasteiger partial charge in [0.25, 0.3) is 0 Å². The molecule has 1 aliphatic heterocycles. The first-order valence-corrected chi connectivity index (χ1v) is 7.76. The summed E-state index contributed by atoms with van der Waals surface area (Å²) >= 11 is 7.65. The number of alkyl halides is 1. The highest BCUT2D eigenvalue weighted by Gasteiger charge is 2.40. The van der Waals surface area contributed by atoms with Gasteiger partial charge in [0.15, 0.2) is 0 Å². The Bertz CT molecular complexity index is 442. The molecule has 1 N–H and O–H groups in total. The van der Waals surface area contributed by atoms with Crippen LogP contribution in [0.3, 0.4) is 0 Å². The van der Waals surface area contributed by atoms with E-state index in [-0.39, 0.29) is 16.7 Å². The maximum absolute atomic E-state index is 12.3. The van der Waals surface area contributed by atoms with E-state index in [0.717, 1.165) is 19.3 Å². The van der Waals surface area contributed by atoms with Crippen LogP contribution in [0.4, 0.5) is 0 Å². The van der Waals surface area contributed by atoms with E-state index >= 15 is 0 Å². The average Bonchev–Trinajstić information content (AvgIpc) is 2.77. The van der Waals surface area contributed by atoms with E-state index in [9.17, 15) is 4.79 Å². The van der Waals surface area contributed by atoms with Gasteiger partial charge >= 0.3 is 0 Å². The van der Waals surface area contributed by atoms with Crippen molar-refractivity contribution in [1.82, 2.24) is 5.32 Å². The number of carbonyl (C=O) groups excluding carboxylic acids is 1. The number of thioether (sulfide) groups is 1. The van der Waals surface area contributed by atoms with Crippen molar-refractivity contribution >= 4 is 29.3 Å². The Labute approximate surface area is 116 Å². The predicted octanol–water partition coefficient (Wildman–Crippen LogP) is 2.98. The number of benzene rings is 1. The molecule has 1 saturated carbocycles. The van der Waals surface area contributed by atoms with E-state index in [2.05, 4.69) is 17.4 Å². The number of halogens is 1. The third-order valence-corrected chi connectivity index (χ3v) is 5.72. The summed E-state index contributed by atoms with van der Waals surface area (Å²) in [5.74, 6) is 0.680. The van der Waals surface area contributed by atoms with Gasteiger partial charge in [-0.05, 0) is 37.3 Å². The number of fused-ring (bicyclic) bond motifs is 1. The lowest BCUT2D eigenvalue weighted by atomic mass is 9.78. The predicted molar refractivity (Wildman–Crippen MR) is 75.2 cm³/mol. The summed E-state index contributed by atoms with van der Waals surface area (Å²) in [4.78, 5) is 13.5. The summed E-state index contributed by atoms with van der Waals surface area (Å²) in [6.45, 7) is 0. The first-order chi connectivity index (χ1) is 8.72. The minimum Gasteiger partial charge on any atom is -0.348 e. The second-order valence-electron chi connectivity index (χ2n) is 5.18. The molecule has 2 aliphatic rings. The van der Waals surface area contributed by atoms with Crippen LogP contribution in [-0.2, 0) is 11.2 Å². The molecule has 1 aromatic carbocycles. The Morgan fingerprint density at radius 2 is 2.22 bits per heavy atom. The van der Waals surface area contributed by atoms with E-state index < -0.39 is 0 Å². The van der Waals surface area contributed by atoms with Crippen molar-refractivity contribution in [3.8, 4) is 0 Å². The lowest BCUT2D eigenvalue weighted by Gasteiger charge is -2.41. The average molecular weight is 282 g/mol. The van der Waals surface area contributed by atoms with Crippen LogP contribution < -0.4 is 5.32 Å². The van der Waals surface area contributed by atoms with Crippen molar-refractivity contribution in [2.75, 3.05) is 5.88 Å². The Morgan fingerprint density at radius 3 is 2.83 bits per heavy atom. The van der Waals surface area contributed by atoms with Crippen molar-refractivity contribution in [1.29, 1.82) is 0 Å². The van der Waals surface area contributed by atoms with Crippen LogP contribution in [0.2, 0.25) is 0 Å². The maximum Gasteiger partial charge on any atom is 0.234 e. The molecule has 0 bridgehead atoms. The second-order valence-corrected chi connectivity index (χ2v) is 6.69. The second kappa shape index (κ2) is 4.78. The van der Waals surface area contributed by atoms with Gasteiger partial charge in [0.05, 0.1) is 10.8 Å². The molecule has 3 rings (SSSR count). The number of hydrogen-bond acceptors (Lipinski definition) is 2. The molecule has 0 radical (unpaired) electrons. The van der Waals surface area contributed by atoms with Gasteiger partial charge in [0.2, 0.25) is 5.91 Å². The summed E-state index contributed by atoms with van der Waals surface area (Å²) in [7, 11) is 0. The van der Waals surface area contributed by atoms with Crippen molar-refractivity contribution < 1.29 is 4.79 Å². The molecule has 1 heterocycles. The lowest BCUT2D eigenvalue weighted by Crippen LogP contribution is -2.56. The zero-order valence-corrected chi connectivity index (χ0v) is 11.7. The van der Waals surface area contributed by atoms with E-state index in [0.29, 0.717) is 5.88 Å². The van der Waals surface area contributed by atoms with E-state index in [1.165, 1.54) is 16.9 Å². The summed E-state index contributed by atoms with van der Waals surface area (Å²) < 4.78 is 0. The highest BCUT2D eigenvalue weighted by atomic mass is 35.5. The van der Waals surface area contributed by atoms with Crippen LogP contribution in [0.5, 0.6) is 0 Å².